The van der Waals surface area contributed by atoms with Crippen molar-refractivity contribution in [2.24, 2.45) is 0 Å². The third-order valence-corrected chi connectivity index (χ3v) is 7.51. The first-order valence-corrected chi connectivity index (χ1v) is 12.1. The number of hydrogen-bond acceptors (Lipinski definition) is 3. The zero-order valence-electron chi connectivity index (χ0n) is 18.2. The maximum Gasteiger partial charge on any atom is 0.125 e. The van der Waals surface area contributed by atoms with Crippen LogP contribution in [0.15, 0.2) is 48.5 Å². The van der Waals surface area contributed by atoms with E-state index in [9.17, 15) is 5.26 Å². The zero-order chi connectivity index (χ0) is 21.4. The topological polar surface area (TPSA) is 36.7 Å². The van der Waals surface area contributed by atoms with Gasteiger partial charge in [-0.1, -0.05) is 67.4 Å². The van der Waals surface area contributed by atoms with Crippen LogP contribution < -0.4 is 0 Å². The Morgan fingerprint density at radius 2 is 1.68 bits per heavy atom. The minimum Gasteiger partial charge on any atom is -0.235 e. The predicted molar refractivity (Wildman–Crippen MR) is 131 cm³/mol. The van der Waals surface area contributed by atoms with Gasteiger partial charge in [0.25, 0.3) is 0 Å². The number of hydrogen-bond donors (Lipinski definition) is 0. The van der Waals surface area contributed by atoms with Crippen LogP contribution in [0.5, 0.6) is 0 Å². The third-order valence-electron chi connectivity index (χ3n) is 6.32. The van der Waals surface area contributed by atoms with Crippen molar-refractivity contribution < 1.29 is 0 Å². The van der Waals surface area contributed by atoms with Gasteiger partial charge in [0.15, 0.2) is 0 Å². The molecule has 0 bridgehead atoms. The van der Waals surface area contributed by atoms with Gasteiger partial charge in [-0.25, -0.2) is 4.98 Å². The Morgan fingerprint density at radius 3 is 2.39 bits per heavy atom. The second-order valence-electron chi connectivity index (χ2n) is 8.53. The average molecular weight is 423 g/mol. The van der Waals surface area contributed by atoms with Crippen molar-refractivity contribution in [3.63, 3.8) is 0 Å². The predicted octanol–water partition coefficient (Wildman–Crippen LogP) is 7.64. The number of aromatic nitrogens is 1. The molecule has 2 aromatic heterocycles. The van der Waals surface area contributed by atoms with E-state index in [0.29, 0.717) is 5.56 Å². The van der Waals surface area contributed by atoms with Crippen LogP contribution in [0, 0.1) is 18.3 Å². The molecule has 0 aliphatic heterocycles. The molecule has 5 rings (SSSR count). The molecule has 154 valence electrons. The van der Waals surface area contributed by atoms with Crippen LogP contribution in [0.1, 0.15) is 53.3 Å². The first kappa shape index (κ1) is 20.0. The summed E-state index contributed by atoms with van der Waals surface area (Å²) in [6, 6.07) is 19.8. The molecule has 0 unspecified atom stereocenters. The molecular formula is C28H26N2S. The van der Waals surface area contributed by atoms with Crippen molar-refractivity contribution in [3.8, 4) is 28.5 Å². The second-order valence-corrected chi connectivity index (χ2v) is 9.61. The van der Waals surface area contributed by atoms with Crippen molar-refractivity contribution in [2.75, 3.05) is 0 Å². The summed E-state index contributed by atoms with van der Waals surface area (Å²) in [5, 5.41) is 11.5. The average Bonchev–Trinajstić information content (AvgIpc) is 3.17. The Balaban J connectivity index is 1.81. The minimum atomic E-state index is 0.700. The van der Waals surface area contributed by atoms with Gasteiger partial charge >= 0.3 is 0 Å². The Bertz CT molecular complexity index is 1290. The SMILES string of the molecule is CCCc1ccc(-c2nc3sc4c(c3c(-c3ccc(C)cc3)c2C#N)CCCC4)cc1. The molecule has 3 heteroatoms. The molecule has 1 aliphatic rings. The highest BCUT2D eigenvalue weighted by atomic mass is 32.1. The van der Waals surface area contributed by atoms with Crippen LogP contribution in [0.3, 0.4) is 0 Å². The second kappa shape index (κ2) is 8.29. The Morgan fingerprint density at radius 1 is 0.968 bits per heavy atom. The molecule has 2 heterocycles. The van der Waals surface area contributed by atoms with Crippen LogP contribution in [0.2, 0.25) is 0 Å². The maximum absolute atomic E-state index is 10.3. The molecule has 0 spiro atoms. The largest absolute Gasteiger partial charge is 0.235 e. The van der Waals surface area contributed by atoms with Gasteiger partial charge in [-0.15, -0.1) is 11.3 Å². The van der Waals surface area contributed by atoms with Gasteiger partial charge in [-0.2, -0.15) is 5.26 Å². The van der Waals surface area contributed by atoms with Crippen LogP contribution >= 0.6 is 11.3 Å². The van der Waals surface area contributed by atoms with Crippen molar-refractivity contribution >= 4 is 21.6 Å². The lowest BCUT2D eigenvalue weighted by Crippen LogP contribution is -2.00. The zero-order valence-corrected chi connectivity index (χ0v) is 19.0. The van der Waals surface area contributed by atoms with Crippen LogP contribution in [-0.2, 0) is 19.3 Å². The monoisotopic (exact) mass is 422 g/mol. The Kier molecular flexibility index (Phi) is 5.34. The van der Waals surface area contributed by atoms with E-state index in [1.54, 1.807) is 0 Å². The van der Waals surface area contributed by atoms with Gasteiger partial charge < -0.3 is 0 Å². The van der Waals surface area contributed by atoms with Crippen LogP contribution in [-0.4, -0.2) is 4.98 Å². The number of nitrogens with zero attached hydrogens (tertiary/aromatic N) is 2. The van der Waals surface area contributed by atoms with Crippen molar-refractivity contribution in [1.29, 1.82) is 5.26 Å². The molecule has 0 radical (unpaired) electrons. The number of thiophene rings is 1. The molecule has 0 fully saturated rings. The molecule has 31 heavy (non-hydrogen) atoms. The highest BCUT2D eigenvalue weighted by Gasteiger charge is 2.25. The van der Waals surface area contributed by atoms with Crippen molar-refractivity contribution in [2.45, 2.75) is 52.4 Å². The van der Waals surface area contributed by atoms with E-state index in [0.717, 1.165) is 52.9 Å². The van der Waals surface area contributed by atoms with Crippen LogP contribution in [0.25, 0.3) is 32.6 Å². The molecule has 0 saturated heterocycles. The van der Waals surface area contributed by atoms with E-state index < -0.39 is 0 Å². The summed E-state index contributed by atoms with van der Waals surface area (Å²) in [7, 11) is 0. The fourth-order valence-electron chi connectivity index (χ4n) is 4.73. The summed E-state index contributed by atoms with van der Waals surface area (Å²) in [6.07, 6.45) is 6.89. The number of rotatable bonds is 4. The van der Waals surface area contributed by atoms with E-state index in [4.69, 9.17) is 4.98 Å². The number of nitriles is 1. The lowest BCUT2D eigenvalue weighted by Gasteiger charge is -2.15. The third kappa shape index (κ3) is 3.56. The van der Waals surface area contributed by atoms with E-state index in [-0.39, 0.29) is 0 Å². The van der Waals surface area contributed by atoms with Gasteiger partial charge in [0.05, 0.1) is 11.3 Å². The highest BCUT2D eigenvalue weighted by molar-refractivity contribution is 7.19. The number of fused-ring (bicyclic) bond motifs is 3. The standard InChI is InChI=1S/C28H26N2S/c1-3-6-19-11-15-21(16-12-19)27-23(17-29)25(20-13-9-18(2)10-14-20)26-22-7-4-5-8-24(22)31-28(26)30-27/h9-16H,3-8H2,1-2H3. The smallest absolute Gasteiger partial charge is 0.125 e. The number of aryl methyl sites for hydroxylation is 4. The summed E-state index contributed by atoms with van der Waals surface area (Å²) < 4.78 is 0. The molecular weight excluding hydrogens is 396 g/mol. The van der Waals surface area contributed by atoms with E-state index in [2.05, 4.69) is 68.4 Å². The highest BCUT2D eigenvalue weighted by Crippen LogP contribution is 2.44. The van der Waals surface area contributed by atoms with Gasteiger partial charge in [0, 0.05) is 21.4 Å². The molecule has 0 atom stereocenters. The minimum absolute atomic E-state index is 0.700. The van der Waals surface area contributed by atoms with Gasteiger partial charge in [0.2, 0.25) is 0 Å². The Hall–Kier alpha value is -2.96. The summed E-state index contributed by atoms with van der Waals surface area (Å²) in [4.78, 5) is 7.63. The first-order chi connectivity index (χ1) is 15.2. The van der Waals surface area contributed by atoms with Crippen molar-refractivity contribution in [3.05, 3.63) is 75.7 Å². The van der Waals surface area contributed by atoms with Gasteiger partial charge in [0.1, 0.15) is 10.9 Å². The summed E-state index contributed by atoms with van der Waals surface area (Å²) >= 11 is 1.83. The van der Waals surface area contributed by atoms with Crippen LogP contribution in [0.4, 0.5) is 0 Å². The lowest BCUT2D eigenvalue weighted by atomic mass is 9.88. The lowest BCUT2D eigenvalue weighted by molar-refractivity contribution is 0.700. The summed E-state index contributed by atoms with van der Waals surface area (Å²) in [5.41, 5.74) is 8.71. The summed E-state index contributed by atoms with van der Waals surface area (Å²) in [6.45, 7) is 4.30. The van der Waals surface area contributed by atoms with Gasteiger partial charge in [-0.05, 0) is 55.7 Å². The van der Waals surface area contributed by atoms with E-state index in [1.165, 1.54) is 39.8 Å². The number of pyridine rings is 1. The molecule has 0 amide bonds. The molecule has 0 N–H and O–H groups in total. The first-order valence-electron chi connectivity index (χ1n) is 11.2. The van der Waals surface area contributed by atoms with E-state index >= 15 is 0 Å². The molecule has 1 aliphatic carbocycles. The fourth-order valence-corrected chi connectivity index (χ4v) is 6.00. The molecule has 0 saturated carbocycles. The molecule has 2 aromatic carbocycles. The number of benzene rings is 2. The van der Waals surface area contributed by atoms with Crippen molar-refractivity contribution in [1.82, 2.24) is 4.98 Å². The molecule has 2 nitrogen and oxygen atoms in total. The quantitative estimate of drug-likeness (QED) is 0.339. The maximum atomic E-state index is 10.3. The Labute approximate surface area is 188 Å². The summed E-state index contributed by atoms with van der Waals surface area (Å²) in [5.74, 6) is 0. The normalized spacial score (nSPS) is 13.2. The van der Waals surface area contributed by atoms with E-state index in [1.807, 2.05) is 11.3 Å². The molecule has 4 aromatic rings. The fraction of sp³-hybridized carbons (Fsp3) is 0.286. The van der Waals surface area contributed by atoms with Gasteiger partial charge in [-0.3, -0.25) is 0 Å².